The summed E-state index contributed by atoms with van der Waals surface area (Å²) in [6.07, 6.45) is 0. The number of para-hydroxylation sites is 4. The van der Waals surface area contributed by atoms with Crippen LogP contribution in [0.2, 0.25) is 0 Å². The van der Waals surface area contributed by atoms with Gasteiger partial charge in [0.2, 0.25) is 0 Å². The number of nitrogens with one attached hydrogen (secondary N) is 1. The molecule has 0 spiro atoms. The zero-order valence-corrected chi connectivity index (χ0v) is 21.3. The molecule has 2 aliphatic heterocycles. The number of hydrogen-bond acceptors (Lipinski definition) is 1. The Kier molecular flexibility index (Phi) is 4.05. The Balaban J connectivity index is 1.45. The summed E-state index contributed by atoms with van der Waals surface area (Å²) in [5.74, 6) is 0. The van der Waals surface area contributed by atoms with Crippen LogP contribution in [0.25, 0.3) is 32.9 Å². The van der Waals surface area contributed by atoms with Gasteiger partial charge in [0.25, 0.3) is 0 Å². The van der Waals surface area contributed by atoms with Gasteiger partial charge < -0.3 is 9.88 Å². The minimum Gasteiger partial charge on any atom is -0.354 e. The summed E-state index contributed by atoms with van der Waals surface area (Å²) in [6.45, 7) is 6.93. The van der Waals surface area contributed by atoms with Gasteiger partial charge in [-0.1, -0.05) is 98.2 Å². The fourth-order valence-corrected chi connectivity index (χ4v) is 6.74. The molecule has 8 rings (SSSR count). The van der Waals surface area contributed by atoms with Crippen LogP contribution in [-0.4, -0.2) is 12.3 Å². The molecule has 0 fully saturated rings. The highest BCUT2D eigenvalue weighted by Gasteiger charge is 2.40. The number of aromatic nitrogens is 1. The summed E-state index contributed by atoms with van der Waals surface area (Å²) >= 11 is 0. The summed E-state index contributed by atoms with van der Waals surface area (Å²) in [7, 11) is 2.41. The van der Waals surface area contributed by atoms with Gasteiger partial charge in [-0.25, -0.2) is 0 Å². The molecular weight excluding hydrogens is 447 g/mol. The lowest BCUT2D eigenvalue weighted by Crippen LogP contribution is -2.45. The second-order valence-corrected chi connectivity index (χ2v) is 11.0. The van der Waals surface area contributed by atoms with Crippen molar-refractivity contribution in [2.45, 2.75) is 26.2 Å². The number of nitrogens with zero attached hydrogens (tertiary/aromatic N) is 1. The smallest absolute Gasteiger partial charge is 0.197 e. The molecule has 6 aromatic rings. The molecular formula is C34H26BN2. The lowest BCUT2D eigenvalue weighted by atomic mass is 9.56. The predicted octanol–water partition coefficient (Wildman–Crippen LogP) is 7.37. The molecule has 1 N–H and O–H groups in total. The molecule has 175 valence electrons. The monoisotopic (exact) mass is 473 g/mol. The quantitative estimate of drug-likeness (QED) is 0.247. The van der Waals surface area contributed by atoms with Gasteiger partial charge in [0.1, 0.15) is 0 Å². The average Bonchev–Trinajstić information content (AvgIpc) is 3.30. The zero-order valence-electron chi connectivity index (χ0n) is 21.3. The highest BCUT2D eigenvalue weighted by Crippen LogP contribution is 2.52. The van der Waals surface area contributed by atoms with Crippen LogP contribution in [0.1, 0.15) is 30.5 Å². The highest BCUT2D eigenvalue weighted by atomic mass is 15.2. The summed E-state index contributed by atoms with van der Waals surface area (Å²) in [4.78, 5) is 6.25. The molecule has 2 aliphatic rings. The number of aromatic amines is 1. The molecule has 0 bridgehead atoms. The van der Waals surface area contributed by atoms with Crippen molar-refractivity contribution in [2.75, 3.05) is 4.90 Å². The summed E-state index contributed by atoms with van der Waals surface area (Å²) in [6, 6.07) is 35.7. The SMILES string of the molecule is Cc1cc(-c2cccc3c2[nH]c2ccccc23)c2c(c1)N1c3ccccc3C(C)(C)c3cccc(c31)[B]2. The van der Waals surface area contributed by atoms with Gasteiger partial charge in [-0.2, -0.15) is 0 Å². The predicted molar refractivity (Wildman–Crippen MR) is 158 cm³/mol. The molecule has 0 aliphatic carbocycles. The topological polar surface area (TPSA) is 19.0 Å². The normalized spacial score (nSPS) is 14.7. The third-order valence-electron chi connectivity index (χ3n) is 8.46. The molecule has 3 heterocycles. The first-order valence-electron chi connectivity index (χ1n) is 13.0. The molecule has 0 atom stereocenters. The number of H-pyrrole nitrogens is 1. The van der Waals surface area contributed by atoms with Crippen molar-refractivity contribution in [3.8, 4) is 11.1 Å². The Hall–Kier alpha value is -4.24. The molecule has 2 nitrogen and oxygen atoms in total. The van der Waals surface area contributed by atoms with Crippen LogP contribution >= 0.6 is 0 Å². The van der Waals surface area contributed by atoms with E-state index in [0.29, 0.717) is 0 Å². The maximum absolute atomic E-state index is 3.73. The number of benzene rings is 5. The van der Waals surface area contributed by atoms with Crippen LogP contribution in [0.15, 0.2) is 97.1 Å². The van der Waals surface area contributed by atoms with E-state index in [-0.39, 0.29) is 5.41 Å². The molecule has 5 aromatic carbocycles. The van der Waals surface area contributed by atoms with Crippen molar-refractivity contribution in [3.05, 3.63) is 114 Å². The van der Waals surface area contributed by atoms with Crippen LogP contribution in [0.3, 0.4) is 0 Å². The molecule has 0 unspecified atom stereocenters. The molecule has 1 aromatic heterocycles. The minimum atomic E-state index is -0.0631. The summed E-state index contributed by atoms with van der Waals surface area (Å²) < 4.78 is 0. The Morgan fingerprint density at radius 3 is 2.38 bits per heavy atom. The second kappa shape index (κ2) is 7.17. The maximum atomic E-state index is 3.73. The van der Waals surface area contributed by atoms with Crippen LogP contribution in [-0.2, 0) is 5.41 Å². The van der Waals surface area contributed by atoms with E-state index in [2.05, 4.69) is 135 Å². The highest BCUT2D eigenvalue weighted by molar-refractivity contribution is 6.73. The van der Waals surface area contributed by atoms with Gasteiger partial charge in [-0.15, -0.1) is 0 Å². The van der Waals surface area contributed by atoms with E-state index in [1.165, 1.54) is 77.6 Å². The fraction of sp³-hybridized carbons (Fsp3) is 0.118. The van der Waals surface area contributed by atoms with Gasteiger partial charge in [-0.05, 0) is 52.8 Å². The molecule has 37 heavy (non-hydrogen) atoms. The van der Waals surface area contributed by atoms with E-state index in [1.54, 1.807) is 0 Å². The molecule has 1 radical (unpaired) electrons. The molecule has 0 amide bonds. The first kappa shape index (κ1) is 20.9. The van der Waals surface area contributed by atoms with Crippen molar-refractivity contribution >= 4 is 57.1 Å². The van der Waals surface area contributed by atoms with Crippen LogP contribution < -0.4 is 15.8 Å². The average molecular weight is 473 g/mol. The van der Waals surface area contributed by atoms with Crippen molar-refractivity contribution in [2.24, 2.45) is 0 Å². The van der Waals surface area contributed by atoms with E-state index >= 15 is 0 Å². The minimum absolute atomic E-state index is 0.0631. The number of fused-ring (bicyclic) bond motifs is 7. The molecule has 0 saturated carbocycles. The van der Waals surface area contributed by atoms with Crippen molar-refractivity contribution in [3.63, 3.8) is 0 Å². The van der Waals surface area contributed by atoms with Gasteiger partial charge in [0.15, 0.2) is 7.28 Å². The first-order valence-corrected chi connectivity index (χ1v) is 13.0. The van der Waals surface area contributed by atoms with Gasteiger partial charge in [0, 0.05) is 38.6 Å². The van der Waals surface area contributed by atoms with Gasteiger partial charge in [-0.3, -0.25) is 0 Å². The lowest BCUT2D eigenvalue weighted by molar-refractivity contribution is 0.632. The van der Waals surface area contributed by atoms with E-state index in [1.807, 2.05) is 0 Å². The molecule has 0 saturated heterocycles. The first-order chi connectivity index (χ1) is 18.0. The second-order valence-electron chi connectivity index (χ2n) is 11.0. The van der Waals surface area contributed by atoms with Crippen molar-refractivity contribution in [1.29, 1.82) is 0 Å². The Morgan fingerprint density at radius 1 is 0.703 bits per heavy atom. The van der Waals surface area contributed by atoms with Crippen LogP contribution in [0, 0.1) is 6.92 Å². The lowest BCUT2D eigenvalue weighted by Gasteiger charge is -2.46. The van der Waals surface area contributed by atoms with Gasteiger partial charge >= 0.3 is 0 Å². The van der Waals surface area contributed by atoms with Crippen molar-refractivity contribution in [1.82, 2.24) is 4.98 Å². The largest absolute Gasteiger partial charge is 0.354 e. The standard InChI is InChI=1S/C34H26BN2/c1-20-18-24(23-12-8-11-22-21-10-4-6-16-28(21)36-32(22)23)31-30(19-20)37-29-17-7-5-13-25(29)34(2,3)26-14-9-15-27(35-31)33(26)37/h4-19,36H,1-3H3. The third-order valence-corrected chi connectivity index (χ3v) is 8.46. The Morgan fingerprint density at radius 2 is 1.46 bits per heavy atom. The van der Waals surface area contributed by atoms with E-state index in [0.717, 1.165) is 0 Å². The van der Waals surface area contributed by atoms with Gasteiger partial charge in [0.05, 0.1) is 11.2 Å². The fourth-order valence-electron chi connectivity index (χ4n) is 6.74. The number of rotatable bonds is 1. The third kappa shape index (κ3) is 2.72. The van der Waals surface area contributed by atoms with E-state index in [9.17, 15) is 0 Å². The van der Waals surface area contributed by atoms with Crippen LogP contribution in [0.5, 0.6) is 0 Å². The number of hydrogen-bond donors (Lipinski definition) is 1. The summed E-state index contributed by atoms with van der Waals surface area (Å²) in [5, 5.41) is 2.54. The van der Waals surface area contributed by atoms with E-state index < -0.39 is 0 Å². The Bertz CT molecular complexity index is 1910. The summed E-state index contributed by atoms with van der Waals surface area (Å²) in [5.41, 5.74) is 15.2. The zero-order chi connectivity index (χ0) is 24.9. The molecule has 3 heteroatoms. The van der Waals surface area contributed by atoms with E-state index in [4.69, 9.17) is 0 Å². The maximum Gasteiger partial charge on any atom is 0.197 e. The van der Waals surface area contributed by atoms with Crippen molar-refractivity contribution < 1.29 is 0 Å². The Labute approximate surface area is 217 Å². The number of anilines is 3. The number of aryl methyl sites for hydroxylation is 1. The van der Waals surface area contributed by atoms with Crippen LogP contribution in [0.4, 0.5) is 17.1 Å².